The molecule has 1 aromatic carbocycles. The van der Waals surface area contributed by atoms with Crippen LogP contribution in [0, 0.1) is 5.82 Å². The molecule has 1 heterocycles. The Morgan fingerprint density at radius 3 is 2.81 bits per heavy atom. The lowest BCUT2D eigenvalue weighted by Crippen LogP contribution is -2.45. The summed E-state index contributed by atoms with van der Waals surface area (Å²) in [5.41, 5.74) is 0.658. The maximum Gasteiger partial charge on any atom is 0.409 e. The first-order valence-electron chi connectivity index (χ1n) is 7.19. The van der Waals surface area contributed by atoms with Gasteiger partial charge < -0.3 is 15.0 Å². The summed E-state index contributed by atoms with van der Waals surface area (Å²) in [6.07, 6.45) is 1.48. The summed E-state index contributed by atoms with van der Waals surface area (Å²) in [6.45, 7) is 4.07. The zero-order chi connectivity index (χ0) is 15.2. The van der Waals surface area contributed by atoms with Gasteiger partial charge in [-0.05, 0) is 31.9 Å². The maximum absolute atomic E-state index is 13.7. The molecule has 21 heavy (non-hydrogen) atoms. The number of amides is 1. The number of halogens is 2. The predicted octanol–water partition coefficient (Wildman–Crippen LogP) is 3.30. The molecule has 0 saturated carbocycles. The average Bonchev–Trinajstić information content (AvgIpc) is 2.47. The van der Waals surface area contributed by atoms with E-state index in [0.29, 0.717) is 37.8 Å². The van der Waals surface area contributed by atoms with E-state index in [9.17, 15) is 9.18 Å². The molecule has 0 unspecified atom stereocenters. The normalized spacial score (nSPS) is 16.0. The number of carbonyl (C=O) groups is 1. The Hall–Kier alpha value is -1.14. The molecule has 0 aromatic heterocycles. The molecule has 1 aromatic rings. The number of nitrogens with one attached hydrogen (secondary N) is 1. The van der Waals surface area contributed by atoms with E-state index in [1.165, 1.54) is 6.07 Å². The molecule has 0 radical (unpaired) electrons. The van der Waals surface area contributed by atoms with E-state index < -0.39 is 0 Å². The minimum absolute atomic E-state index is 0.208. The Labute approximate surface area is 132 Å². The predicted molar refractivity (Wildman–Crippen MR) is 82.6 cm³/mol. The maximum atomic E-state index is 13.7. The fourth-order valence-corrected chi connectivity index (χ4v) is 2.73. The van der Waals surface area contributed by atoms with Crippen LogP contribution < -0.4 is 5.32 Å². The summed E-state index contributed by atoms with van der Waals surface area (Å²) < 4.78 is 19.4. The van der Waals surface area contributed by atoms with Crippen molar-refractivity contribution in [2.45, 2.75) is 32.4 Å². The van der Waals surface area contributed by atoms with Crippen LogP contribution in [0.1, 0.15) is 25.3 Å². The summed E-state index contributed by atoms with van der Waals surface area (Å²) in [7, 11) is 0. The van der Waals surface area contributed by atoms with E-state index in [2.05, 4.69) is 21.2 Å². The molecule has 0 aliphatic carbocycles. The highest BCUT2D eigenvalue weighted by atomic mass is 79.9. The standard InChI is InChI=1S/C15H20BrFN2O2/c1-2-21-15(20)19-7-5-13(6-8-19)18-10-11-3-4-12(16)9-14(11)17/h3-4,9,13,18H,2,5-8,10H2,1H3. The SMILES string of the molecule is CCOC(=O)N1CCC(NCc2ccc(Br)cc2F)CC1. The van der Waals surface area contributed by atoms with Crippen molar-refractivity contribution in [3.63, 3.8) is 0 Å². The Morgan fingerprint density at radius 2 is 2.19 bits per heavy atom. The molecular formula is C15H20BrFN2O2. The smallest absolute Gasteiger partial charge is 0.409 e. The highest BCUT2D eigenvalue weighted by Crippen LogP contribution is 2.16. The number of ether oxygens (including phenoxy) is 1. The van der Waals surface area contributed by atoms with Crippen LogP contribution in [0.2, 0.25) is 0 Å². The minimum atomic E-state index is -0.241. The van der Waals surface area contributed by atoms with Crippen molar-refractivity contribution in [2.24, 2.45) is 0 Å². The lowest BCUT2D eigenvalue weighted by Gasteiger charge is -2.31. The van der Waals surface area contributed by atoms with Crippen LogP contribution in [0.15, 0.2) is 22.7 Å². The van der Waals surface area contributed by atoms with Crippen LogP contribution in [0.3, 0.4) is 0 Å². The summed E-state index contributed by atoms with van der Waals surface area (Å²) >= 11 is 3.25. The van der Waals surface area contributed by atoms with E-state index in [1.807, 2.05) is 6.07 Å². The van der Waals surface area contributed by atoms with Crippen molar-refractivity contribution in [1.29, 1.82) is 0 Å². The van der Waals surface area contributed by atoms with Crippen LogP contribution in [-0.2, 0) is 11.3 Å². The Kier molecular flexibility index (Phi) is 5.99. The first-order chi connectivity index (χ1) is 10.1. The van der Waals surface area contributed by atoms with E-state index in [4.69, 9.17) is 4.74 Å². The van der Waals surface area contributed by atoms with Crippen molar-refractivity contribution < 1.29 is 13.9 Å². The van der Waals surface area contributed by atoms with E-state index in [1.54, 1.807) is 17.9 Å². The third kappa shape index (κ3) is 4.68. The van der Waals surface area contributed by atoms with Gasteiger partial charge in [-0.1, -0.05) is 22.0 Å². The van der Waals surface area contributed by atoms with Crippen LogP contribution in [-0.4, -0.2) is 36.7 Å². The van der Waals surface area contributed by atoms with Gasteiger partial charge in [0.2, 0.25) is 0 Å². The van der Waals surface area contributed by atoms with Gasteiger partial charge in [0.05, 0.1) is 6.61 Å². The molecule has 116 valence electrons. The quantitative estimate of drug-likeness (QED) is 0.897. The van der Waals surface area contributed by atoms with Gasteiger partial charge in [0.15, 0.2) is 0 Å². The fraction of sp³-hybridized carbons (Fsp3) is 0.533. The third-order valence-corrected chi connectivity index (χ3v) is 4.11. The number of benzene rings is 1. The lowest BCUT2D eigenvalue weighted by atomic mass is 10.0. The molecular weight excluding hydrogens is 339 g/mol. The fourth-order valence-electron chi connectivity index (χ4n) is 2.40. The van der Waals surface area contributed by atoms with E-state index in [0.717, 1.165) is 17.3 Å². The summed E-state index contributed by atoms with van der Waals surface area (Å²) in [5, 5.41) is 3.36. The minimum Gasteiger partial charge on any atom is -0.450 e. The number of likely N-dealkylation sites (tertiary alicyclic amines) is 1. The van der Waals surface area contributed by atoms with Gasteiger partial charge in [-0.3, -0.25) is 0 Å². The zero-order valence-corrected chi connectivity index (χ0v) is 13.7. The molecule has 2 rings (SSSR count). The van der Waals surface area contributed by atoms with Crippen molar-refractivity contribution in [2.75, 3.05) is 19.7 Å². The van der Waals surface area contributed by atoms with Crippen LogP contribution >= 0.6 is 15.9 Å². The van der Waals surface area contributed by atoms with Crippen molar-refractivity contribution in [1.82, 2.24) is 10.2 Å². The molecule has 0 atom stereocenters. The lowest BCUT2D eigenvalue weighted by molar-refractivity contribution is 0.0950. The van der Waals surface area contributed by atoms with Crippen LogP contribution in [0.5, 0.6) is 0 Å². The summed E-state index contributed by atoms with van der Waals surface area (Å²) in [6, 6.07) is 5.39. The number of hydrogen-bond donors (Lipinski definition) is 1. The first kappa shape index (κ1) is 16.2. The molecule has 1 saturated heterocycles. The highest BCUT2D eigenvalue weighted by molar-refractivity contribution is 9.10. The van der Waals surface area contributed by atoms with Gasteiger partial charge in [0, 0.05) is 35.7 Å². The highest BCUT2D eigenvalue weighted by Gasteiger charge is 2.23. The zero-order valence-electron chi connectivity index (χ0n) is 12.1. The second-order valence-electron chi connectivity index (χ2n) is 5.08. The second-order valence-corrected chi connectivity index (χ2v) is 5.99. The Morgan fingerprint density at radius 1 is 1.48 bits per heavy atom. The second kappa shape index (κ2) is 7.75. The number of piperidine rings is 1. The molecule has 4 nitrogen and oxygen atoms in total. The van der Waals surface area contributed by atoms with Crippen molar-refractivity contribution >= 4 is 22.0 Å². The third-order valence-electron chi connectivity index (χ3n) is 3.62. The molecule has 0 bridgehead atoms. The van der Waals surface area contributed by atoms with Gasteiger partial charge in [-0.15, -0.1) is 0 Å². The molecule has 0 spiro atoms. The topological polar surface area (TPSA) is 41.6 Å². The van der Waals surface area contributed by atoms with E-state index >= 15 is 0 Å². The van der Waals surface area contributed by atoms with Gasteiger partial charge in [-0.25, -0.2) is 9.18 Å². The molecule has 1 aliphatic rings. The molecule has 1 amide bonds. The number of rotatable bonds is 4. The van der Waals surface area contributed by atoms with Crippen LogP contribution in [0.4, 0.5) is 9.18 Å². The number of nitrogens with zero attached hydrogens (tertiary/aromatic N) is 1. The van der Waals surface area contributed by atoms with Gasteiger partial charge in [0.25, 0.3) is 0 Å². The van der Waals surface area contributed by atoms with Gasteiger partial charge in [-0.2, -0.15) is 0 Å². The largest absolute Gasteiger partial charge is 0.450 e. The molecule has 6 heteroatoms. The van der Waals surface area contributed by atoms with Gasteiger partial charge >= 0.3 is 6.09 Å². The molecule has 1 N–H and O–H groups in total. The number of carbonyl (C=O) groups excluding carboxylic acids is 1. The summed E-state index contributed by atoms with van der Waals surface area (Å²) in [4.78, 5) is 13.3. The summed E-state index contributed by atoms with van der Waals surface area (Å²) in [5.74, 6) is -0.208. The van der Waals surface area contributed by atoms with E-state index in [-0.39, 0.29) is 11.9 Å². The number of hydrogen-bond acceptors (Lipinski definition) is 3. The van der Waals surface area contributed by atoms with Gasteiger partial charge in [0.1, 0.15) is 5.82 Å². The average molecular weight is 359 g/mol. The van der Waals surface area contributed by atoms with Crippen LogP contribution in [0.25, 0.3) is 0 Å². The van der Waals surface area contributed by atoms with Crippen molar-refractivity contribution in [3.05, 3.63) is 34.1 Å². The monoisotopic (exact) mass is 358 g/mol. The molecule has 1 fully saturated rings. The Bertz CT molecular complexity index is 491. The Balaban J connectivity index is 1.77. The first-order valence-corrected chi connectivity index (χ1v) is 7.98. The van der Waals surface area contributed by atoms with Crippen molar-refractivity contribution in [3.8, 4) is 0 Å². The molecule has 1 aliphatic heterocycles.